The average Bonchev–Trinajstić information content (AvgIpc) is 2.84. The Hall–Kier alpha value is -1.80. The van der Waals surface area contributed by atoms with Crippen molar-refractivity contribution in [1.29, 1.82) is 0 Å². The fraction of sp³-hybridized carbons (Fsp3) is 0.231. The predicted molar refractivity (Wildman–Crippen MR) is 79.4 cm³/mol. The minimum atomic E-state index is -3.49. The van der Waals surface area contributed by atoms with Crippen molar-refractivity contribution < 1.29 is 18.3 Å². The van der Waals surface area contributed by atoms with E-state index in [0.29, 0.717) is 5.75 Å². The predicted octanol–water partition coefficient (Wildman–Crippen LogP) is 1.68. The number of nitrogens with zero attached hydrogens (tertiary/aromatic N) is 2. The lowest BCUT2D eigenvalue weighted by Crippen LogP contribution is -2.10. The Morgan fingerprint density at radius 2 is 2.19 bits per heavy atom. The van der Waals surface area contributed by atoms with Crippen LogP contribution in [0.1, 0.15) is 10.4 Å². The van der Waals surface area contributed by atoms with Crippen LogP contribution < -0.4 is 0 Å². The van der Waals surface area contributed by atoms with E-state index in [2.05, 4.69) is 5.10 Å². The van der Waals surface area contributed by atoms with Gasteiger partial charge in [-0.1, -0.05) is 6.07 Å². The van der Waals surface area contributed by atoms with Gasteiger partial charge < -0.3 is 5.11 Å². The lowest BCUT2D eigenvalue weighted by molar-refractivity contribution is 0.0696. The van der Waals surface area contributed by atoms with Gasteiger partial charge in [0, 0.05) is 23.9 Å². The molecule has 0 radical (unpaired) electrons. The minimum absolute atomic E-state index is 0.0315. The number of sulfone groups is 1. The van der Waals surface area contributed by atoms with Gasteiger partial charge in [-0.3, -0.25) is 4.68 Å². The zero-order chi connectivity index (χ0) is 15.5. The van der Waals surface area contributed by atoms with Gasteiger partial charge in [0.2, 0.25) is 0 Å². The number of rotatable bonds is 6. The van der Waals surface area contributed by atoms with Crippen LogP contribution in [0.2, 0.25) is 0 Å². The van der Waals surface area contributed by atoms with Crippen LogP contribution in [-0.2, 0) is 16.9 Å². The molecule has 112 valence electrons. The molecular weight excluding hydrogens is 312 g/mol. The molecule has 1 heterocycles. The second-order valence-corrected chi connectivity index (χ2v) is 7.63. The maximum Gasteiger partial charge on any atom is 0.335 e. The van der Waals surface area contributed by atoms with Crippen LogP contribution in [0.15, 0.2) is 46.5 Å². The number of aryl methyl sites for hydroxylation is 1. The van der Waals surface area contributed by atoms with Gasteiger partial charge in [-0.2, -0.15) is 5.10 Å². The van der Waals surface area contributed by atoms with Crippen LogP contribution in [0.4, 0.5) is 0 Å². The van der Waals surface area contributed by atoms with Gasteiger partial charge in [-0.15, -0.1) is 11.8 Å². The maximum atomic E-state index is 12.2. The summed E-state index contributed by atoms with van der Waals surface area (Å²) < 4.78 is 26.0. The average molecular weight is 326 g/mol. The normalized spacial score (nSPS) is 11.5. The van der Waals surface area contributed by atoms with Crippen molar-refractivity contribution in [2.75, 3.05) is 11.5 Å². The van der Waals surface area contributed by atoms with Crippen molar-refractivity contribution in [2.45, 2.75) is 9.79 Å². The van der Waals surface area contributed by atoms with E-state index in [1.807, 2.05) is 6.20 Å². The van der Waals surface area contributed by atoms with Crippen molar-refractivity contribution in [3.63, 3.8) is 0 Å². The highest BCUT2D eigenvalue weighted by molar-refractivity contribution is 8.00. The van der Waals surface area contributed by atoms with E-state index in [0.717, 1.165) is 4.90 Å². The number of benzene rings is 1. The zero-order valence-electron chi connectivity index (χ0n) is 11.3. The molecule has 0 amide bonds. The highest BCUT2D eigenvalue weighted by Crippen LogP contribution is 2.19. The lowest BCUT2D eigenvalue weighted by atomic mass is 10.2. The molecule has 0 saturated carbocycles. The van der Waals surface area contributed by atoms with Gasteiger partial charge in [0.25, 0.3) is 0 Å². The Labute approximate surface area is 126 Å². The Kier molecular flexibility index (Phi) is 4.69. The van der Waals surface area contributed by atoms with Crippen LogP contribution in [0.5, 0.6) is 0 Å². The van der Waals surface area contributed by atoms with Gasteiger partial charge in [0.05, 0.1) is 22.4 Å². The first-order valence-corrected chi connectivity index (χ1v) is 8.70. The molecule has 2 aromatic rings. The van der Waals surface area contributed by atoms with Crippen LogP contribution in [-0.4, -0.2) is 40.8 Å². The topological polar surface area (TPSA) is 89.3 Å². The quantitative estimate of drug-likeness (QED) is 0.813. The van der Waals surface area contributed by atoms with E-state index < -0.39 is 15.8 Å². The third-order valence-electron chi connectivity index (χ3n) is 2.74. The molecule has 1 aromatic carbocycles. The zero-order valence-corrected chi connectivity index (χ0v) is 12.9. The van der Waals surface area contributed by atoms with E-state index in [4.69, 9.17) is 5.11 Å². The Balaban J connectivity index is 2.04. The van der Waals surface area contributed by atoms with Gasteiger partial charge in [0.1, 0.15) is 0 Å². The standard InChI is InChI=1S/C13H14N2O4S2/c1-15-9-11(8-14-15)20-5-6-21(18,19)12-4-2-3-10(7-12)13(16)17/h2-4,7-9H,5-6H2,1H3,(H,16,17). The number of hydrogen-bond acceptors (Lipinski definition) is 5. The van der Waals surface area contributed by atoms with Crippen LogP contribution in [0, 0.1) is 0 Å². The molecule has 0 saturated heterocycles. The smallest absolute Gasteiger partial charge is 0.335 e. The van der Waals surface area contributed by atoms with E-state index in [9.17, 15) is 13.2 Å². The van der Waals surface area contributed by atoms with E-state index in [1.165, 1.54) is 36.0 Å². The highest BCUT2D eigenvalue weighted by atomic mass is 32.2. The highest BCUT2D eigenvalue weighted by Gasteiger charge is 2.16. The molecule has 0 atom stereocenters. The molecule has 21 heavy (non-hydrogen) atoms. The van der Waals surface area contributed by atoms with Gasteiger partial charge in [-0.05, 0) is 18.2 Å². The molecule has 6 nitrogen and oxygen atoms in total. The number of carbonyl (C=O) groups is 1. The van der Waals surface area contributed by atoms with Crippen molar-refractivity contribution in [3.05, 3.63) is 42.2 Å². The minimum Gasteiger partial charge on any atom is -0.478 e. The van der Waals surface area contributed by atoms with Crippen LogP contribution >= 0.6 is 11.8 Å². The van der Waals surface area contributed by atoms with Gasteiger partial charge in [-0.25, -0.2) is 13.2 Å². The Morgan fingerprint density at radius 3 is 2.81 bits per heavy atom. The molecule has 0 aliphatic heterocycles. The first-order chi connectivity index (χ1) is 9.88. The molecule has 0 aliphatic carbocycles. The first kappa shape index (κ1) is 15.6. The molecular formula is C13H14N2O4S2. The van der Waals surface area contributed by atoms with Gasteiger partial charge >= 0.3 is 5.97 Å². The van der Waals surface area contributed by atoms with E-state index in [-0.39, 0.29) is 16.2 Å². The molecule has 8 heteroatoms. The number of aromatic carboxylic acids is 1. The molecule has 0 aliphatic rings. The molecule has 0 fully saturated rings. The molecule has 0 spiro atoms. The summed E-state index contributed by atoms with van der Waals surface area (Å²) in [6.07, 6.45) is 3.48. The lowest BCUT2D eigenvalue weighted by Gasteiger charge is -2.04. The number of hydrogen-bond donors (Lipinski definition) is 1. The number of carboxylic acid groups (broad SMARTS) is 1. The summed E-state index contributed by atoms with van der Waals surface area (Å²) in [4.78, 5) is 11.8. The monoisotopic (exact) mass is 326 g/mol. The summed E-state index contributed by atoms with van der Waals surface area (Å²) >= 11 is 1.39. The van der Waals surface area contributed by atoms with Crippen LogP contribution in [0.25, 0.3) is 0 Å². The van der Waals surface area contributed by atoms with Crippen LogP contribution in [0.3, 0.4) is 0 Å². The summed E-state index contributed by atoms with van der Waals surface area (Å²) in [5.41, 5.74) is -0.0315. The Morgan fingerprint density at radius 1 is 1.43 bits per heavy atom. The summed E-state index contributed by atoms with van der Waals surface area (Å²) in [5.74, 6) is -0.821. The van der Waals surface area contributed by atoms with Gasteiger partial charge in [0.15, 0.2) is 9.84 Å². The van der Waals surface area contributed by atoms with Crippen molar-refractivity contribution in [1.82, 2.24) is 9.78 Å². The number of aromatic nitrogens is 2. The second kappa shape index (κ2) is 6.31. The molecule has 0 bridgehead atoms. The third-order valence-corrected chi connectivity index (χ3v) is 5.67. The number of thioether (sulfide) groups is 1. The fourth-order valence-electron chi connectivity index (χ4n) is 1.68. The summed E-state index contributed by atoms with van der Waals surface area (Å²) in [7, 11) is -1.70. The Bertz CT molecular complexity index is 753. The molecule has 0 unspecified atom stereocenters. The van der Waals surface area contributed by atoms with Crippen molar-refractivity contribution in [2.24, 2.45) is 7.05 Å². The molecule has 1 N–H and O–H groups in total. The third kappa shape index (κ3) is 4.08. The summed E-state index contributed by atoms with van der Waals surface area (Å²) in [6.45, 7) is 0. The van der Waals surface area contributed by atoms with E-state index in [1.54, 1.807) is 17.9 Å². The fourth-order valence-corrected chi connectivity index (χ4v) is 4.31. The summed E-state index contributed by atoms with van der Waals surface area (Å²) in [5, 5.41) is 12.9. The van der Waals surface area contributed by atoms with Crippen molar-refractivity contribution in [3.8, 4) is 0 Å². The van der Waals surface area contributed by atoms with E-state index >= 15 is 0 Å². The second-order valence-electron chi connectivity index (χ2n) is 4.35. The maximum absolute atomic E-state index is 12.2. The summed E-state index contributed by atoms with van der Waals surface area (Å²) in [6, 6.07) is 5.40. The largest absolute Gasteiger partial charge is 0.478 e. The first-order valence-electron chi connectivity index (χ1n) is 6.06. The number of carboxylic acids is 1. The SMILES string of the molecule is Cn1cc(SCCS(=O)(=O)c2cccc(C(=O)O)c2)cn1. The van der Waals surface area contributed by atoms with Crippen molar-refractivity contribution >= 4 is 27.6 Å². The molecule has 2 rings (SSSR count). The molecule has 1 aromatic heterocycles.